The largest absolute Gasteiger partial charge is 0.482 e. The number of nitrogens with zero attached hydrogens (tertiary/aromatic N) is 1. The Bertz CT molecular complexity index is 1190. The molecule has 1 atom stereocenters. The molecule has 4 rings (SSSR count). The van der Waals surface area contributed by atoms with E-state index in [2.05, 4.69) is 6.07 Å². The number of ether oxygens (including phenoxy) is 3. The Balaban J connectivity index is 1.51. The lowest BCUT2D eigenvalue weighted by molar-refractivity contribution is -0.136. The Morgan fingerprint density at radius 1 is 1.16 bits per heavy atom. The highest BCUT2D eigenvalue weighted by molar-refractivity contribution is 7.10. The van der Waals surface area contributed by atoms with Crippen LogP contribution in [0, 0.1) is 25.2 Å². The first kappa shape index (κ1) is 20.5. The number of fused-ring (bicyclic) bond motifs is 1. The Kier molecular flexibility index (Phi) is 5.65. The first-order valence-corrected chi connectivity index (χ1v) is 10.5. The number of aryl methyl sites for hydroxylation is 2. The standard InChI is InChI=1S/C24H20N2O4S/c1-14-8-15(2)10-17(9-14)28-13-22(27)29-16-5-6-18-20(11-16)30-24(26)19(12-25)23(18)21-4-3-7-31-21/h3-11,23H,13,26H2,1-2H3. The van der Waals surface area contributed by atoms with Gasteiger partial charge in [-0.2, -0.15) is 5.26 Å². The summed E-state index contributed by atoms with van der Waals surface area (Å²) in [6, 6.07) is 16.8. The average Bonchev–Trinajstić information content (AvgIpc) is 3.25. The normalized spacial score (nSPS) is 14.9. The second-order valence-electron chi connectivity index (χ2n) is 7.23. The maximum Gasteiger partial charge on any atom is 0.349 e. The van der Waals surface area contributed by atoms with Gasteiger partial charge in [0.05, 0.1) is 5.92 Å². The molecule has 0 aliphatic carbocycles. The van der Waals surface area contributed by atoms with Crippen molar-refractivity contribution in [3.05, 3.63) is 86.9 Å². The van der Waals surface area contributed by atoms with Crippen LogP contribution in [0.25, 0.3) is 0 Å². The van der Waals surface area contributed by atoms with E-state index in [4.69, 9.17) is 19.9 Å². The van der Waals surface area contributed by atoms with Crippen molar-refractivity contribution >= 4 is 17.3 Å². The topological polar surface area (TPSA) is 94.6 Å². The van der Waals surface area contributed by atoms with E-state index in [1.54, 1.807) is 18.2 Å². The van der Waals surface area contributed by atoms with Gasteiger partial charge in [0.25, 0.3) is 0 Å². The lowest BCUT2D eigenvalue weighted by Gasteiger charge is -2.25. The molecule has 1 aliphatic rings. The summed E-state index contributed by atoms with van der Waals surface area (Å²) in [5, 5.41) is 11.5. The molecule has 0 bridgehead atoms. The summed E-state index contributed by atoms with van der Waals surface area (Å²) in [6.45, 7) is 3.71. The van der Waals surface area contributed by atoms with E-state index in [1.807, 2.05) is 49.6 Å². The summed E-state index contributed by atoms with van der Waals surface area (Å²) in [6.07, 6.45) is 0. The third-order valence-corrected chi connectivity index (χ3v) is 5.74. The van der Waals surface area contributed by atoms with Crippen LogP contribution < -0.4 is 19.9 Å². The fourth-order valence-electron chi connectivity index (χ4n) is 3.57. The molecule has 2 aromatic carbocycles. The monoisotopic (exact) mass is 432 g/mol. The number of nitrogens with two attached hydrogens (primary N) is 1. The lowest BCUT2D eigenvalue weighted by Crippen LogP contribution is -2.21. The summed E-state index contributed by atoms with van der Waals surface area (Å²) in [5.41, 5.74) is 9.26. The van der Waals surface area contributed by atoms with Crippen molar-refractivity contribution in [1.82, 2.24) is 0 Å². The highest BCUT2D eigenvalue weighted by atomic mass is 32.1. The molecular weight excluding hydrogens is 412 g/mol. The second-order valence-corrected chi connectivity index (χ2v) is 8.21. The number of hydrogen-bond acceptors (Lipinski definition) is 7. The zero-order valence-electron chi connectivity index (χ0n) is 17.0. The summed E-state index contributed by atoms with van der Waals surface area (Å²) in [5.74, 6) is 0.581. The zero-order chi connectivity index (χ0) is 22.0. The van der Waals surface area contributed by atoms with Crippen LogP contribution in [-0.4, -0.2) is 12.6 Å². The minimum atomic E-state index is -0.536. The summed E-state index contributed by atoms with van der Waals surface area (Å²) >= 11 is 1.54. The van der Waals surface area contributed by atoms with Crippen LogP contribution in [0.15, 0.2) is 65.4 Å². The Labute approximate surface area is 184 Å². The van der Waals surface area contributed by atoms with Crippen LogP contribution in [0.1, 0.15) is 27.5 Å². The second kappa shape index (κ2) is 8.54. The van der Waals surface area contributed by atoms with Crippen molar-refractivity contribution < 1.29 is 19.0 Å². The summed E-state index contributed by atoms with van der Waals surface area (Å²) in [7, 11) is 0. The van der Waals surface area contributed by atoms with E-state index in [0.29, 0.717) is 22.8 Å². The van der Waals surface area contributed by atoms with E-state index in [-0.39, 0.29) is 18.4 Å². The van der Waals surface area contributed by atoms with Crippen molar-refractivity contribution in [3.63, 3.8) is 0 Å². The molecule has 1 aromatic heterocycles. The third kappa shape index (κ3) is 4.39. The molecule has 0 spiro atoms. The first-order chi connectivity index (χ1) is 14.9. The molecule has 156 valence electrons. The van der Waals surface area contributed by atoms with Crippen LogP contribution in [0.4, 0.5) is 0 Å². The molecule has 0 saturated heterocycles. The van der Waals surface area contributed by atoms with Gasteiger partial charge in [-0.1, -0.05) is 18.2 Å². The van der Waals surface area contributed by atoms with Gasteiger partial charge in [0.1, 0.15) is 28.9 Å². The molecule has 2 N–H and O–H groups in total. The minimum Gasteiger partial charge on any atom is -0.482 e. The summed E-state index contributed by atoms with van der Waals surface area (Å²) in [4.78, 5) is 13.3. The van der Waals surface area contributed by atoms with Gasteiger partial charge in [0.2, 0.25) is 5.88 Å². The van der Waals surface area contributed by atoms with E-state index in [9.17, 15) is 10.1 Å². The van der Waals surface area contributed by atoms with Crippen molar-refractivity contribution in [3.8, 4) is 23.3 Å². The van der Waals surface area contributed by atoms with E-state index < -0.39 is 5.97 Å². The third-order valence-electron chi connectivity index (χ3n) is 4.80. The van der Waals surface area contributed by atoms with Crippen LogP contribution >= 0.6 is 11.3 Å². The fourth-order valence-corrected chi connectivity index (χ4v) is 4.42. The Morgan fingerprint density at radius 2 is 1.94 bits per heavy atom. The van der Waals surface area contributed by atoms with Gasteiger partial charge in [-0.3, -0.25) is 0 Å². The fraction of sp³-hybridized carbons (Fsp3) is 0.167. The SMILES string of the molecule is Cc1cc(C)cc(OCC(=O)Oc2ccc3c(c2)OC(N)=C(C#N)C3c2cccs2)c1. The van der Waals surface area contributed by atoms with Crippen LogP contribution in [0.5, 0.6) is 17.2 Å². The van der Waals surface area contributed by atoms with Crippen molar-refractivity contribution in [2.45, 2.75) is 19.8 Å². The minimum absolute atomic E-state index is 0.0510. The molecule has 1 aliphatic heterocycles. The molecule has 0 saturated carbocycles. The quantitative estimate of drug-likeness (QED) is 0.469. The van der Waals surface area contributed by atoms with Gasteiger partial charge in [-0.05, 0) is 54.6 Å². The number of allylic oxidation sites excluding steroid dienone is 1. The molecule has 0 fully saturated rings. The summed E-state index contributed by atoms with van der Waals surface area (Å²) < 4.78 is 16.6. The maximum atomic E-state index is 12.3. The van der Waals surface area contributed by atoms with Crippen molar-refractivity contribution in [1.29, 1.82) is 5.26 Å². The van der Waals surface area contributed by atoms with Crippen molar-refractivity contribution in [2.75, 3.05) is 6.61 Å². The number of hydrogen-bond donors (Lipinski definition) is 1. The van der Waals surface area contributed by atoms with Crippen molar-refractivity contribution in [2.24, 2.45) is 5.73 Å². The number of carbonyl (C=O) groups is 1. The Hall–Kier alpha value is -3.76. The average molecular weight is 433 g/mol. The predicted octanol–water partition coefficient (Wildman–Crippen LogP) is 4.57. The predicted molar refractivity (Wildman–Crippen MR) is 117 cm³/mol. The van der Waals surface area contributed by atoms with Gasteiger partial charge >= 0.3 is 5.97 Å². The van der Waals surface area contributed by atoms with Crippen LogP contribution in [0.3, 0.4) is 0 Å². The number of nitriles is 1. The van der Waals surface area contributed by atoms with Gasteiger partial charge in [0, 0.05) is 16.5 Å². The number of thiophene rings is 1. The molecule has 0 amide bonds. The van der Waals surface area contributed by atoms with Crippen LogP contribution in [0.2, 0.25) is 0 Å². The highest BCUT2D eigenvalue weighted by Gasteiger charge is 2.31. The molecule has 7 heteroatoms. The first-order valence-electron chi connectivity index (χ1n) is 9.61. The highest BCUT2D eigenvalue weighted by Crippen LogP contribution is 2.44. The number of benzene rings is 2. The molecular formula is C24H20N2O4S. The molecule has 31 heavy (non-hydrogen) atoms. The zero-order valence-corrected chi connectivity index (χ0v) is 17.9. The Morgan fingerprint density at radius 3 is 2.61 bits per heavy atom. The number of carbonyl (C=O) groups excluding carboxylic acids is 1. The van der Waals surface area contributed by atoms with Gasteiger partial charge < -0.3 is 19.9 Å². The number of rotatable bonds is 5. The molecule has 6 nitrogen and oxygen atoms in total. The van der Waals surface area contributed by atoms with Gasteiger partial charge in [-0.15, -0.1) is 11.3 Å². The molecule has 0 radical (unpaired) electrons. The number of esters is 1. The smallest absolute Gasteiger partial charge is 0.349 e. The van der Waals surface area contributed by atoms with Gasteiger partial charge in [0.15, 0.2) is 6.61 Å². The van der Waals surface area contributed by atoms with Crippen LogP contribution in [-0.2, 0) is 4.79 Å². The van der Waals surface area contributed by atoms with E-state index in [1.165, 1.54) is 11.3 Å². The lowest BCUT2D eigenvalue weighted by atomic mass is 9.88. The van der Waals surface area contributed by atoms with E-state index in [0.717, 1.165) is 21.6 Å². The maximum absolute atomic E-state index is 12.3. The van der Waals surface area contributed by atoms with Gasteiger partial charge in [-0.25, -0.2) is 4.79 Å². The molecule has 1 unspecified atom stereocenters. The molecule has 2 heterocycles. The molecule has 3 aromatic rings. The van der Waals surface area contributed by atoms with E-state index >= 15 is 0 Å².